The Balaban J connectivity index is 1.22. The Kier molecular flexibility index (Phi) is 4.60. The van der Waals surface area contributed by atoms with Gasteiger partial charge in [-0.15, -0.1) is 11.3 Å². The minimum absolute atomic E-state index is 0.313. The summed E-state index contributed by atoms with van der Waals surface area (Å²) < 4.78 is 3.66. The average molecular weight is 395 g/mol. The van der Waals surface area contributed by atoms with Gasteiger partial charge >= 0.3 is 0 Å². The molecule has 3 heterocycles. The zero-order valence-corrected chi connectivity index (χ0v) is 17.5. The molecule has 1 aliphatic carbocycles. The summed E-state index contributed by atoms with van der Waals surface area (Å²) in [6.07, 6.45) is 4.77. The highest BCUT2D eigenvalue weighted by Crippen LogP contribution is 2.38. The maximum atomic E-state index is 13.0. The number of aryl methyl sites for hydroxylation is 1. The van der Waals surface area contributed by atoms with E-state index in [-0.39, 0.29) is 0 Å². The maximum absolute atomic E-state index is 13.0. The summed E-state index contributed by atoms with van der Waals surface area (Å²) in [5, 5.41) is 1.28. The van der Waals surface area contributed by atoms with Crippen molar-refractivity contribution in [3.8, 4) is 0 Å². The quantitative estimate of drug-likeness (QED) is 0.671. The van der Waals surface area contributed by atoms with E-state index in [0.717, 1.165) is 37.0 Å². The number of nitrogens with one attached hydrogen (secondary N) is 1. The lowest BCUT2D eigenvalue weighted by Crippen LogP contribution is -3.13. The Hall–Kier alpha value is -1.98. The van der Waals surface area contributed by atoms with Gasteiger partial charge in [0.2, 0.25) is 5.78 Å². The van der Waals surface area contributed by atoms with E-state index < -0.39 is 0 Å². The van der Waals surface area contributed by atoms with Gasteiger partial charge in [-0.05, 0) is 44.9 Å². The maximum Gasteiger partial charge on any atom is 0.218 e. The molecule has 0 radical (unpaired) electrons. The van der Waals surface area contributed by atoms with E-state index in [1.165, 1.54) is 38.8 Å². The van der Waals surface area contributed by atoms with Crippen molar-refractivity contribution in [2.75, 3.05) is 19.6 Å². The number of nitrogens with zero attached hydrogens (tertiary/aromatic N) is 2. The Morgan fingerprint density at radius 3 is 2.64 bits per heavy atom. The van der Waals surface area contributed by atoms with E-state index in [1.54, 1.807) is 0 Å². The normalized spacial score (nSPS) is 22.6. The fourth-order valence-electron chi connectivity index (χ4n) is 4.79. The molecule has 2 aromatic heterocycles. The molecule has 2 fully saturated rings. The van der Waals surface area contributed by atoms with Crippen molar-refractivity contribution >= 4 is 27.3 Å². The third kappa shape index (κ3) is 3.31. The van der Waals surface area contributed by atoms with Gasteiger partial charge in [-0.25, -0.2) is 4.98 Å². The molecule has 1 saturated heterocycles. The summed E-state index contributed by atoms with van der Waals surface area (Å²) in [6, 6.07) is 11.2. The molecule has 4 nitrogen and oxygen atoms in total. The largest absolute Gasteiger partial charge is 0.345 e. The lowest BCUT2D eigenvalue weighted by atomic mass is 9.97. The minimum atomic E-state index is 0.313. The van der Waals surface area contributed by atoms with Gasteiger partial charge in [-0.2, -0.15) is 0 Å². The molecule has 28 heavy (non-hydrogen) atoms. The number of Topliss-reactive ketones (excluding diaryl/α,β-unsaturated/α-hetero) is 1. The summed E-state index contributed by atoms with van der Waals surface area (Å²) >= 11 is 1.84. The lowest BCUT2D eigenvalue weighted by Gasteiger charge is -2.27. The van der Waals surface area contributed by atoms with E-state index in [4.69, 9.17) is 4.98 Å². The standard InChI is InChI=1S/C23H27N3OS/c1-15-13-19(16(2)26(15)18-7-8-18)21(27)14-25-11-9-17(10-12-25)23-24-20-5-3-4-6-22(20)28-23/h3-6,13,17-18H,7-12,14H2,1-2H3/p+1. The number of ketones is 1. The highest BCUT2D eigenvalue weighted by Gasteiger charge is 2.31. The van der Waals surface area contributed by atoms with Gasteiger partial charge in [0.05, 0.1) is 28.3 Å². The molecule has 3 aromatic rings. The SMILES string of the molecule is Cc1cc(C(=O)C[NH+]2CCC(c3nc4ccccc4s3)CC2)c(C)n1C1CC1. The van der Waals surface area contributed by atoms with Crippen molar-refractivity contribution in [3.63, 3.8) is 0 Å². The summed E-state index contributed by atoms with van der Waals surface area (Å²) in [5.74, 6) is 0.865. The molecular weight excluding hydrogens is 366 g/mol. The predicted molar refractivity (Wildman–Crippen MR) is 114 cm³/mol. The van der Waals surface area contributed by atoms with Crippen molar-refractivity contribution < 1.29 is 9.69 Å². The number of quaternary nitrogens is 1. The summed E-state index contributed by atoms with van der Waals surface area (Å²) in [5.41, 5.74) is 4.49. The smallest absolute Gasteiger partial charge is 0.218 e. The fraction of sp³-hybridized carbons (Fsp3) is 0.478. The molecule has 5 rings (SSSR count). The average Bonchev–Trinajstić information content (AvgIpc) is 3.35. The van der Waals surface area contributed by atoms with Gasteiger partial charge in [0, 0.05) is 41.8 Å². The number of hydrogen-bond donors (Lipinski definition) is 1. The molecule has 1 aromatic carbocycles. The van der Waals surface area contributed by atoms with Crippen LogP contribution in [0.4, 0.5) is 0 Å². The first-order chi connectivity index (χ1) is 13.6. The number of rotatable bonds is 5. The number of hydrogen-bond acceptors (Lipinski definition) is 3. The molecule has 1 aliphatic heterocycles. The van der Waals surface area contributed by atoms with E-state index >= 15 is 0 Å². The van der Waals surface area contributed by atoms with Gasteiger partial charge in [-0.3, -0.25) is 4.79 Å². The number of piperidine rings is 1. The third-order valence-electron chi connectivity index (χ3n) is 6.46. The van der Waals surface area contributed by atoms with Gasteiger partial charge < -0.3 is 9.47 Å². The van der Waals surface area contributed by atoms with Crippen LogP contribution in [0.15, 0.2) is 30.3 Å². The molecule has 1 N–H and O–H groups in total. The summed E-state index contributed by atoms with van der Waals surface area (Å²) in [7, 11) is 0. The number of fused-ring (bicyclic) bond motifs is 1. The van der Waals surface area contributed by atoms with Crippen LogP contribution < -0.4 is 4.90 Å². The fourth-order valence-corrected chi connectivity index (χ4v) is 5.93. The van der Waals surface area contributed by atoms with Crippen molar-refractivity contribution in [2.24, 2.45) is 0 Å². The third-order valence-corrected chi connectivity index (χ3v) is 7.66. The molecule has 0 atom stereocenters. The van der Waals surface area contributed by atoms with E-state index in [1.807, 2.05) is 11.3 Å². The van der Waals surface area contributed by atoms with Crippen molar-refractivity contribution in [2.45, 2.75) is 51.5 Å². The van der Waals surface area contributed by atoms with Crippen LogP contribution >= 0.6 is 11.3 Å². The molecule has 0 spiro atoms. The predicted octanol–water partition coefficient (Wildman–Crippen LogP) is 3.69. The monoisotopic (exact) mass is 394 g/mol. The van der Waals surface area contributed by atoms with Crippen LogP contribution in [0.1, 0.15) is 64.4 Å². The summed E-state index contributed by atoms with van der Waals surface area (Å²) in [6.45, 7) is 7.01. The number of para-hydroxylation sites is 1. The van der Waals surface area contributed by atoms with Crippen LogP contribution in [-0.2, 0) is 0 Å². The molecule has 2 aliphatic rings. The number of aromatic nitrogens is 2. The van der Waals surface area contributed by atoms with Crippen LogP contribution in [0, 0.1) is 13.8 Å². The van der Waals surface area contributed by atoms with Crippen molar-refractivity contribution in [1.82, 2.24) is 9.55 Å². The molecule has 1 saturated carbocycles. The number of carbonyl (C=O) groups excluding carboxylic acids is 1. The highest BCUT2D eigenvalue weighted by molar-refractivity contribution is 7.18. The Morgan fingerprint density at radius 1 is 1.18 bits per heavy atom. The molecule has 146 valence electrons. The molecule has 0 amide bonds. The Morgan fingerprint density at radius 2 is 1.93 bits per heavy atom. The topological polar surface area (TPSA) is 39.3 Å². The van der Waals surface area contributed by atoms with Gasteiger partial charge in [0.1, 0.15) is 6.54 Å². The lowest BCUT2D eigenvalue weighted by molar-refractivity contribution is -0.896. The van der Waals surface area contributed by atoms with E-state index in [9.17, 15) is 4.79 Å². The molecular formula is C23H28N3OS+. The number of benzene rings is 1. The second kappa shape index (κ2) is 7.12. The number of thiazole rings is 1. The molecule has 5 heteroatoms. The van der Waals surface area contributed by atoms with Crippen LogP contribution in [0.25, 0.3) is 10.2 Å². The van der Waals surface area contributed by atoms with Crippen LogP contribution in [0.5, 0.6) is 0 Å². The zero-order valence-electron chi connectivity index (χ0n) is 16.7. The Labute approximate surface area is 170 Å². The Bertz CT molecular complexity index is 989. The molecule has 0 bridgehead atoms. The first-order valence-corrected chi connectivity index (χ1v) is 11.3. The first-order valence-electron chi connectivity index (χ1n) is 10.5. The molecule has 0 unspecified atom stereocenters. The van der Waals surface area contributed by atoms with Gasteiger partial charge in [0.15, 0.2) is 0 Å². The van der Waals surface area contributed by atoms with E-state index in [0.29, 0.717) is 24.3 Å². The zero-order chi connectivity index (χ0) is 19.3. The highest BCUT2D eigenvalue weighted by atomic mass is 32.1. The minimum Gasteiger partial charge on any atom is -0.345 e. The second-order valence-corrected chi connectivity index (χ2v) is 9.59. The van der Waals surface area contributed by atoms with E-state index in [2.05, 4.69) is 48.7 Å². The van der Waals surface area contributed by atoms with Gasteiger partial charge in [-0.1, -0.05) is 12.1 Å². The van der Waals surface area contributed by atoms with Gasteiger partial charge in [0.25, 0.3) is 0 Å². The summed E-state index contributed by atoms with van der Waals surface area (Å²) in [4.78, 5) is 19.3. The van der Waals surface area contributed by atoms with Crippen molar-refractivity contribution in [1.29, 1.82) is 0 Å². The second-order valence-electron chi connectivity index (χ2n) is 8.53. The number of likely N-dealkylation sites (tertiary alicyclic amines) is 1. The van der Waals surface area contributed by atoms with Crippen molar-refractivity contribution in [3.05, 3.63) is 52.3 Å². The number of carbonyl (C=O) groups is 1. The van der Waals surface area contributed by atoms with Crippen LogP contribution in [0.2, 0.25) is 0 Å². The van der Waals surface area contributed by atoms with Crippen LogP contribution in [0.3, 0.4) is 0 Å². The first kappa shape index (κ1) is 18.1. The van der Waals surface area contributed by atoms with Crippen LogP contribution in [-0.4, -0.2) is 35.0 Å².